The number of hydrogen-bond acceptors (Lipinski definition) is 5. The monoisotopic (exact) mass is 504 g/mol. The van der Waals surface area contributed by atoms with E-state index in [0.717, 1.165) is 64.1 Å². The predicted octanol–water partition coefficient (Wildman–Crippen LogP) is 7.94. The molecule has 0 spiro atoms. The number of methoxy groups -OCH3 is 1. The number of nitrogens with zero attached hydrogens (tertiary/aromatic N) is 2. The molecule has 188 valence electrons. The summed E-state index contributed by atoms with van der Waals surface area (Å²) < 4.78 is 18.2. The third-order valence-corrected chi connectivity index (χ3v) is 7.11. The highest BCUT2D eigenvalue weighted by Crippen LogP contribution is 2.50. The molecule has 0 saturated carbocycles. The molecule has 5 rings (SSSR count). The lowest BCUT2D eigenvalue weighted by Crippen LogP contribution is -2.33. The van der Waals surface area contributed by atoms with Crippen molar-refractivity contribution in [2.45, 2.75) is 57.7 Å². The molecule has 2 aliphatic heterocycles. The average Bonchev–Trinajstić information content (AvgIpc) is 3.36. The molecule has 0 aromatic heterocycles. The van der Waals surface area contributed by atoms with E-state index >= 15 is 0 Å². The van der Waals surface area contributed by atoms with Gasteiger partial charge in [0.1, 0.15) is 5.75 Å². The smallest absolute Gasteiger partial charge is 0.214 e. The van der Waals surface area contributed by atoms with Crippen LogP contribution in [0.4, 0.5) is 0 Å². The number of benzene rings is 3. The van der Waals surface area contributed by atoms with Crippen molar-refractivity contribution in [3.8, 4) is 17.2 Å². The summed E-state index contributed by atoms with van der Waals surface area (Å²) in [5, 5.41) is 7.84. The minimum Gasteiger partial charge on any atom is -0.494 e. The Balaban J connectivity index is 1.38. The van der Waals surface area contributed by atoms with E-state index in [1.54, 1.807) is 7.11 Å². The van der Waals surface area contributed by atoms with Crippen LogP contribution >= 0.6 is 11.6 Å². The minimum atomic E-state index is -0.369. The van der Waals surface area contributed by atoms with Gasteiger partial charge in [-0.05, 0) is 54.4 Å². The lowest BCUT2D eigenvalue weighted by Gasteiger charge is -2.38. The molecule has 0 bridgehead atoms. The molecule has 2 atom stereocenters. The van der Waals surface area contributed by atoms with Gasteiger partial charge >= 0.3 is 0 Å². The first-order valence-corrected chi connectivity index (χ1v) is 13.2. The molecule has 36 heavy (non-hydrogen) atoms. The number of fused-ring (bicyclic) bond motifs is 3. The molecule has 0 N–H and O–H groups in total. The van der Waals surface area contributed by atoms with E-state index < -0.39 is 0 Å². The van der Waals surface area contributed by atoms with Crippen LogP contribution in [-0.2, 0) is 0 Å². The van der Waals surface area contributed by atoms with Gasteiger partial charge in [0, 0.05) is 22.6 Å². The number of hydrogen-bond donors (Lipinski definition) is 0. The van der Waals surface area contributed by atoms with E-state index in [1.165, 1.54) is 25.7 Å². The number of para-hydroxylation sites is 1. The van der Waals surface area contributed by atoms with Crippen molar-refractivity contribution in [2.75, 3.05) is 13.7 Å². The average molecular weight is 505 g/mol. The zero-order valence-electron chi connectivity index (χ0n) is 21.0. The summed E-state index contributed by atoms with van der Waals surface area (Å²) in [6.07, 6.45) is 6.54. The van der Waals surface area contributed by atoms with Crippen molar-refractivity contribution in [3.63, 3.8) is 0 Å². The highest BCUT2D eigenvalue weighted by Gasteiger charge is 2.42. The van der Waals surface area contributed by atoms with Crippen molar-refractivity contribution in [1.82, 2.24) is 5.01 Å². The predicted molar refractivity (Wildman–Crippen MR) is 144 cm³/mol. The molecule has 5 nitrogen and oxygen atoms in total. The maximum Gasteiger partial charge on any atom is 0.214 e. The number of ether oxygens (including phenoxy) is 3. The van der Waals surface area contributed by atoms with Crippen molar-refractivity contribution < 1.29 is 14.2 Å². The van der Waals surface area contributed by atoms with E-state index in [1.807, 2.05) is 48.5 Å². The maximum absolute atomic E-state index is 6.57. The van der Waals surface area contributed by atoms with Crippen molar-refractivity contribution in [2.24, 2.45) is 5.10 Å². The number of halogens is 1. The van der Waals surface area contributed by atoms with Gasteiger partial charge in [0.05, 0.1) is 25.5 Å². The zero-order valence-corrected chi connectivity index (χ0v) is 21.7. The van der Waals surface area contributed by atoms with Crippen LogP contribution in [0.15, 0.2) is 71.8 Å². The minimum absolute atomic E-state index is 0.0542. The lowest BCUT2D eigenvalue weighted by molar-refractivity contribution is -0.0209. The van der Waals surface area contributed by atoms with Crippen LogP contribution in [0.5, 0.6) is 17.2 Å². The van der Waals surface area contributed by atoms with Gasteiger partial charge in [-0.1, -0.05) is 68.5 Å². The normalized spacial score (nSPS) is 18.2. The van der Waals surface area contributed by atoms with Crippen LogP contribution in [0.2, 0.25) is 5.02 Å². The van der Waals surface area contributed by atoms with Crippen LogP contribution in [0, 0.1) is 0 Å². The van der Waals surface area contributed by atoms with Gasteiger partial charge < -0.3 is 14.2 Å². The van der Waals surface area contributed by atoms with Gasteiger partial charge in [-0.15, -0.1) is 0 Å². The molecule has 0 unspecified atom stereocenters. The third-order valence-electron chi connectivity index (χ3n) is 6.86. The summed E-state index contributed by atoms with van der Waals surface area (Å²) in [4.78, 5) is 0. The second-order valence-corrected chi connectivity index (χ2v) is 9.77. The van der Waals surface area contributed by atoms with E-state index in [0.29, 0.717) is 0 Å². The summed E-state index contributed by atoms with van der Waals surface area (Å²) >= 11 is 6.12. The van der Waals surface area contributed by atoms with Gasteiger partial charge in [0.15, 0.2) is 11.5 Å². The maximum atomic E-state index is 6.57. The summed E-state index contributed by atoms with van der Waals surface area (Å²) in [7, 11) is 1.68. The Labute approximate surface area is 218 Å². The zero-order chi connectivity index (χ0) is 24.9. The Morgan fingerprint density at radius 2 is 1.75 bits per heavy atom. The first-order chi connectivity index (χ1) is 17.7. The topological polar surface area (TPSA) is 43.3 Å². The molecule has 0 amide bonds. The molecule has 3 aromatic carbocycles. The first-order valence-electron chi connectivity index (χ1n) is 12.9. The summed E-state index contributed by atoms with van der Waals surface area (Å²) in [5.74, 6) is 2.40. The molecule has 0 fully saturated rings. The molecule has 2 aliphatic rings. The molecule has 3 aromatic rings. The highest BCUT2D eigenvalue weighted by atomic mass is 35.5. The van der Waals surface area contributed by atoms with E-state index in [4.69, 9.17) is 30.9 Å². The summed E-state index contributed by atoms with van der Waals surface area (Å²) in [6, 6.07) is 22.2. The van der Waals surface area contributed by atoms with Crippen LogP contribution in [0.3, 0.4) is 0 Å². The summed E-state index contributed by atoms with van der Waals surface area (Å²) in [5.41, 5.74) is 4.19. The van der Waals surface area contributed by atoms with Gasteiger partial charge in [-0.2, -0.15) is 5.10 Å². The number of hydrazone groups is 1. The standard InChI is InChI=1S/C30H33ClN2O3/c1-3-4-5-6-7-19-35-24-17-13-22(14-18-24)30-33-27(25-9-8-10-28(34-2)29(25)36-30)20-26(32-33)21-11-15-23(31)16-12-21/h8-18,27,30H,3-7,19-20H2,1-2H3/t27-,30-/m0/s1. The SMILES string of the molecule is CCCCCCCOc1ccc([C@@H]2Oc3c(OC)cccc3[C@@H]3CC(c4ccc(Cl)cc4)=NN32)cc1. The van der Waals surface area contributed by atoms with Gasteiger partial charge in [0.2, 0.25) is 6.23 Å². The molecule has 2 heterocycles. The Hall–Kier alpha value is -3.18. The molecule has 0 radical (unpaired) electrons. The lowest BCUT2D eigenvalue weighted by atomic mass is 9.95. The largest absolute Gasteiger partial charge is 0.494 e. The highest BCUT2D eigenvalue weighted by molar-refractivity contribution is 6.30. The van der Waals surface area contributed by atoms with E-state index in [9.17, 15) is 0 Å². The van der Waals surface area contributed by atoms with Gasteiger partial charge in [-0.25, -0.2) is 5.01 Å². The fraction of sp³-hybridized carbons (Fsp3) is 0.367. The number of rotatable bonds is 10. The molecule has 0 aliphatic carbocycles. The molecule has 6 heteroatoms. The van der Waals surface area contributed by atoms with Crippen LogP contribution < -0.4 is 14.2 Å². The fourth-order valence-corrected chi connectivity index (χ4v) is 5.03. The quantitative estimate of drug-likeness (QED) is 0.263. The molecular formula is C30H33ClN2O3. The van der Waals surface area contributed by atoms with E-state index in [-0.39, 0.29) is 12.3 Å². The second kappa shape index (κ2) is 11.3. The third kappa shape index (κ3) is 5.17. The fourth-order valence-electron chi connectivity index (χ4n) is 4.91. The van der Waals surface area contributed by atoms with Crippen LogP contribution in [0.1, 0.15) is 74.4 Å². The van der Waals surface area contributed by atoms with Crippen LogP contribution in [0.25, 0.3) is 0 Å². The Morgan fingerprint density at radius 1 is 0.972 bits per heavy atom. The number of unbranched alkanes of at least 4 members (excludes halogenated alkanes) is 4. The van der Waals surface area contributed by atoms with Crippen molar-refractivity contribution >= 4 is 17.3 Å². The van der Waals surface area contributed by atoms with Crippen molar-refractivity contribution in [1.29, 1.82) is 0 Å². The Morgan fingerprint density at radius 3 is 2.50 bits per heavy atom. The molecule has 0 saturated heterocycles. The molecular weight excluding hydrogens is 472 g/mol. The second-order valence-electron chi connectivity index (χ2n) is 9.33. The van der Waals surface area contributed by atoms with Crippen LogP contribution in [-0.4, -0.2) is 24.4 Å². The first kappa shape index (κ1) is 24.5. The van der Waals surface area contributed by atoms with Crippen molar-refractivity contribution in [3.05, 3.63) is 88.4 Å². The van der Waals surface area contributed by atoms with E-state index in [2.05, 4.69) is 30.1 Å². The van der Waals surface area contributed by atoms with Gasteiger partial charge in [-0.3, -0.25) is 0 Å². The van der Waals surface area contributed by atoms with Gasteiger partial charge in [0.25, 0.3) is 0 Å². The Bertz CT molecular complexity index is 1190. The summed E-state index contributed by atoms with van der Waals surface area (Å²) in [6.45, 7) is 2.98. The Kier molecular flexibility index (Phi) is 7.66.